The van der Waals surface area contributed by atoms with Crippen LogP contribution in [0.15, 0.2) is 36.4 Å². The Morgan fingerprint density at radius 1 is 1.25 bits per heavy atom. The van der Waals surface area contributed by atoms with Gasteiger partial charge in [0.25, 0.3) is 0 Å². The van der Waals surface area contributed by atoms with E-state index in [0.29, 0.717) is 24.7 Å². The number of benzene rings is 1. The molecule has 1 atom stereocenters. The first-order valence-corrected chi connectivity index (χ1v) is 9.94. The lowest BCUT2D eigenvalue weighted by molar-refractivity contribution is 0.0985. The third-order valence-electron chi connectivity index (χ3n) is 3.87. The molecule has 128 valence electrons. The maximum Gasteiger partial charge on any atom is 0.161 e. The standard InChI is InChI=1S/C17H21N3O3S/c1-13-11-23-9-8-20(13)16-10-15(12-24(2,21)22)18-17(19-16)14-6-4-3-5-7-14/h3-7,10,13H,8-9,11-12H2,1-2H3/t13-/m0/s1. The quantitative estimate of drug-likeness (QED) is 0.841. The monoisotopic (exact) mass is 347 g/mol. The van der Waals surface area contributed by atoms with Crippen molar-refractivity contribution in [2.24, 2.45) is 0 Å². The van der Waals surface area contributed by atoms with Gasteiger partial charge in [-0.1, -0.05) is 30.3 Å². The van der Waals surface area contributed by atoms with Crippen molar-refractivity contribution in [2.45, 2.75) is 18.7 Å². The van der Waals surface area contributed by atoms with Crippen LogP contribution in [0.4, 0.5) is 5.82 Å². The average molecular weight is 347 g/mol. The molecule has 24 heavy (non-hydrogen) atoms. The van der Waals surface area contributed by atoms with Gasteiger partial charge in [-0.3, -0.25) is 0 Å². The Kier molecular flexibility index (Phi) is 4.82. The third-order valence-corrected chi connectivity index (χ3v) is 4.69. The lowest BCUT2D eigenvalue weighted by Gasteiger charge is -2.34. The van der Waals surface area contributed by atoms with Gasteiger partial charge in [-0.15, -0.1) is 0 Å². The molecule has 0 amide bonds. The molecular formula is C17H21N3O3S. The SMILES string of the molecule is C[C@H]1COCCN1c1cc(CS(C)(=O)=O)nc(-c2ccccc2)n1. The highest BCUT2D eigenvalue weighted by Crippen LogP contribution is 2.23. The van der Waals surface area contributed by atoms with Gasteiger partial charge in [0.05, 0.1) is 30.7 Å². The zero-order valence-electron chi connectivity index (χ0n) is 13.8. The van der Waals surface area contributed by atoms with Crippen molar-refractivity contribution in [1.29, 1.82) is 0 Å². The number of anilines is 1. The van der Waals surface area contributed by atoms with E-state index >= 15 is 0 Å². The summed E-state index contributed by atoms with van der Waals surface area (Å²) in [6.45, 7) is 4.06. The number of morpholine rings is 1. The van der Waals surface area contributed by atoms with Crippen LogP contribution < -0.4 is 4.90 Å². The topological polar surface area (TPSA) is 72.4 Å². The van der Waals surface area contributed by atoms with E-state index in [0.717, 1.165) is 17.9 Å². The molecule has 3 rings (SSSR count). The second kappa shape index (κ2) is 6.86. The molecule has 0 aliphatic carbocycles. The summed E-state index contributed by atoms with van der Waals surface area (Å²) < 4.78 is 28.9. The summed E-state index contributed by atoms with van der Waals surface area (Å²) in [5.41, 5.74) is 1.38. The minimum atomic E-state index is -3.17. The van der Waals surface area contributed by atoms with Crippen LogP contribution in [-0.4, -0.2) is 50.4 Å². The third kappa shape index (κ3) is 4.10. The first kappa shape index (κ1) is 16.9. The zero-order chi connectivity index (χ0) is 17.2. The van der Waals surface area contributed by atoms with E-state index in [1.807, 2.05) is 30.3 Å². The summed E-state index contributed by atoms with van der Waals surface area (Å²) in [5.74, 6) is 1.20. The number of ether oxygens (including phenoxy) is 1. The molecule has 1 aromatic carbocycles. The van der Waals surface area contributed by atoms with Gasteiger partial charge in [-0.05, 0) is 6.92 Å². The van der Waals surface area contributed by atoms with Gasteiger partial charge in [0.1, 0.15) is 5.82 Å². The molecule has 1 aliphatic rings. The molecule has 6 nitrogen and oxygen atoms in total. The van der Waals surface area contributed by atoms with E-state index in [2.05, 4.69) is 21.8 Å². The Morgan fingerprint density at radius 2 is 2.00 bits per heavy atom. The van der Waals surface area contributed by atoms with Crippen molar-refractivity contribution < 1.29 is 13.2 Å². The van der Waals surface area contributed by atoms with Crippen LogP contribution in [0.5, 0.6) is 0 Å². The number of hydrogen-bond acceptors (Lipinski definition) is 6. The summed E-state index contributed by atoms with van der Waals surface area (Å²) in [6, 6.07) is 11.6. The fraction of sp³-hybridized carbons (Fsp3) is 0.412. The second-order valence-electron chi connectivity index (χ2n) is 6.09. The number of hydrogen-bond donors (Lipinski definition) is 0. The number of rotatable bonds is 4. The van der Waals surface area contributed by atoms with Gasteiger partial charge in [0.15, 0.2) is 15.7 Å². The molecule has 7 heteroatoms. The molecule has 1 fully saturated rings. The molecule has 0 radical (unpaired) electrons. The van der Waals surface area contributed by atoms with E-state index < -0.39 is 9.84 Å². The molecule has 0 bridgehead atoms. The highest BCUT2D eigenvalue weighted by atomic mass is 32.2. The van der Waals surface area contributed by atoms with Crippen LogP contribution in [0.1, 0.15) is 12.6 Å². The zero-order valence-corrected chi connectivity index (χ0v) is 14.7. The minimum Gasteiger partial charge on any atom is -0.377 e. The van der Waals surface area contributed by atoms with Gasteiger partial charge < -0.3 is 9.64 Å². The van der Waals surface area contributed by atoms with Crippen molar-refractivity contribution in [3.63, 3.8) is 0 Å². The van der Waals surface area contributed by atoms with Crippen LogP contribution in [0.25, 0.3) is 11.4 Å². The maximum atomic E-state index is 11.7. The first-order chi connectivity index (χ1) is 11.4. The molecule has 1 aromatic heterocycles. The lowest BCUT2D eigenvalue weighted by Crippen LogP contribution is -2.44. The van der Waals surface area contributed by atoms with Crippen molar-refractivity contribution in [3.8, 4) is 11.4 Å². The first-order valence-electron chi connectivity index (χ1n) is 7.88. The van der Waals surface area contributed by atoms with E-state index in [-0.39, 0.29) is 11.8 Å². The Hall–Kier alpha value is -1.99. The van der Waals surface area contributed by atoms with Gasteiger partial charge in [0, 0.05) is 24.4 Å². The molecule has 0 spiro atoms. The summed E-state index contributed by atoms with van der Waals surface area (Å²) in [6.07, 6.45) is 1.22. The fourth-order valence-corrected chi connectivity index (χ4v) is 3.44. The Bertz CT molecular complexity index is 809. The van der Waals surface area contributed by atoms with Crippen molar-refractivity contribution in [1.82, 2.24) is 9.97 Å². The Morgan fingerprint density at radius 3 is 2.67 bits per heavy atom. The molecule has 1 saturated heterocycles. The average Bonchev–Trinajstić information content (AvgIpc) is 2.54. The van der Waals surface area contributed by atoms with Gasteiger partial charge in [-0.2, -0.15) is 0 Å². The summed E-state index contributed by atoms with van der Waals surface area (Å²) >= 11 is 0. The maximum absolute atomic E-state index is 11.7. The number of aromatic nitrogens is 2. The molecule has 2 aromatic rings. The molecule has 2 heterocycles. The Balaban J connectivity index is 2.05. The highest BCUT2D eigenvalue weighted by molar-refractivity contribution is 7.89. The van der Waals surface area contributed by atoms with Gasteiger partial charge in [-0.25, -0.2) is 18.4 Å². The van der Waals surface area contributed by atoms with E-state index in [1.165, 1.54) is 6.26 Å². The van der Waals surface area contributed by atoms with E-state index in [1.54, 1.807) is 6.07 Å². The molecule has 0 N–H and O–H groups in total. The smallest absolute Gasteiger partial charge is 0.161 e. The lowest BCUT2D eigenvalue weighted by atomic mass is 10.2. The van der Waals surface area contributed by atoms with Crippen molar-refractivity contribution in [3.05, 3.63) is 42.1 Å². The van der Waals surface area contributed by atoms with E-state index in [4.69, 9.17) is 4.74 Å². The van der Waals surface area contributed by atoms with Crippen molar-refractivity contribution in [2.75, 3.05) is 30.9 Å². The second-order valence-corrected chi connectivity index (χ2v) is 8.23. The summed E-state index contributed by atoms with van der Waals surface area (Å²) in [7, 11) is -3.17. The van der Waals surface area contributed by atoms with Crippen LogP contribution in [0.2, 0.25) is 0 Å². The molecular weight excluding hydrogens is 326 g/mol. The highest BCUT2D eigenvalue weighted by Gasteiger charge is 2.22. The largest absolute Gasteiger partial charge is 0.377 e. The minimum absolute atomic E-state index is 0.0962. The summed E-state index contributed by atoms with van der Waals surface area (Å²) in [4.78, 5) is 11.3. The molecule has 0 unspecified atom stereocenters. The fourth-order valence-electron chi connectivity index (χ4n) is 2.76. The molecule has 1 aliphatic heterocycles. The molecule has 0 saturated carbocycles. The van der Waals surface area contributed by atoms with Crippen molar-refractivity contribution >= 4 is 15.7 Å². The van der Waals surface area contributed by atoms with Crippen LogP contribution in [0, 0.1) is 0 Å². The number of sulfone groups is 1. The predicted molar refractivity (Wildman–Crippen MR) is 93.6 cm³/mol. The summed E-state index contributed by atoms with van der Waals surface area (Å²) in [5, 5.41) is 0. The van der Waals surface area contributed by atoms with Gasteiger partial charge >= 0.3 is 0 Å². The number of nitrogens with zero attached hydrogens (tertiary/aromatic N) is 3. The Labute approximate surface area is 142 Å². The predicted octanol–water partition coefficient (Wildman–Crippen LogP) is 1.91. The normalized spacial score (nSPS) is 18.6. The van der Waals surface area contributed by atoms with Crippen LogP contribution in [-0.2, 0) is 20.3 Å². The van der Waals surface area contributed by atoms with E-state index in [9.17, 15) is 8.42 Å². The van der Waals surface area contributed by atoms with Crippen LogP contribution in [0.3, 0.4) is 0 Å². The van der Waals surface area contributed by atoms with Crippen LogP contribution >= 0.6 is 0 Å². The van der Waals surface area contributed by atoms with Gasteiger partial charge in [0.2, 0.25) is 0 Å².